The minimum Gasteiger partial charge on any atom is -0.491 e. The van der Waals surface area contributed by atoms with Gasteiger partial charge in [-0.3, -0.25) is 0 Å². The molecule has 0 radical (unpaired) electrons. The molecule has 0 aliphatic heterocycles. The molecule has 0 spiro atoms. The highest BCUT2D eigenvalue weighted by atomic mass is 19.2. The Morgan fingerprint density at radius 1 is 0.658 bits per heavy atom. The van der Waals surface area contributed by atoms with Crippen LogP contribution in [0.5, 0.6) is 5.75 Å². The summed E-state index contributed by atoms with van der Waals surface area (Å²) in [5, 5.41) is 10.1. The number of aryl methyl sites for hydroxylation is 2. The van der Waals surface area contributed by atoms with Crippen LogP contribution in [0.15, 0.2) is 72.8 Å². The molecule has 38 heavy (non-hydrogen) atoms. The first-order chi connectivity index (χ1) is 18.3. The van der Waals surface area contributed by atoms with Crippen LogP contribution in [0.1, 0.15) is 49.5 Å². The Labute approximate surface area is 220 Å². The Hall–Kier alpha value is -3.64. The van der Waals surface area contributed by atoms with Gasteiger partial charge in [-0.25, -0.2) is 13.2 Å². The van der Waals surface area contributed by atoms with Crippen molar-refractivity contribution >= 4 is 0 Å². The first kappa shape index (κ1) is 27.4. The van der Waals surface area contributed by atoms with E-state index >= 15 is 8.78 Å². The smallest absolute Gasteiger partial charge is 0.200 e. The molecule has 2 nitrogen and oxygen atoms in total. The molecule has 0 amide bonds. The first-order valence-corrected chi connectivity index (χ1v) is 12.8. The van der Waals surface area contributed by atoms with Gasteiger partial charge in [-0.05, 0) is 60.1 Å². The van der Waals surface area contributed by atoms with Crippen molar-refractivity contribution in [3.63, 3.8) is 0 Å². The van der Waals surface area contributed by atoms with Crippen LogP contribution < -0.4 is 4.74 Å². The minimum absolute atomic E-state index is 0.110. The molecule has 6 heteroatoms. The summed E-state index contributed by atoms with van der Waals surface area (Å²) in [5.74, 6) is -3.91. The van der Waals surface area contributed by atoms with Gasteiger partial charge in [-0.1, -0.05) is 80.1 Å². The normalized spacial score (nSPS) is 12.0. The van der Waals surface area contributed by atoms with Gasteiger partial charge in [0.2, 0.25) is 5.82 Å². The molecule has 0 saturated heterocycles. The maximum absolute atomic E-state index is 15.1. The fourth-order valence-corrected chi connectivity index (χ4v) is 4.48. The van der Waals surface area contributed by atoms with Crippen LogP contribution in [-0.2, 0) is 12.8 Å². The summed E-state index contributed by atoms with van der Waals surface area (Å²) < 4.78 is 63.7. The molecule has 0 bridgehead atoms. The fraction of sp³-hybridized carbons (Fsp3) is 0.250. The molecule has 4 aromatic rings. The minimum atomic E-state index is -0.995. The van der Waals surface area contributed by atoms with Crippen molar-refractivity contribution in [2.24, 2.45) is 0 Å². The van der Waals surface area contributed by atoms with Gasteiger partial charge < -0.3 is 9.84 Å². The Morgan fingerprint density at radius 2 is 1.24 bits per heavy atom. The molecular formula is C32H30F4O2. The predicted molar refractivity (Wildman–Crippen MR) is 142 cm³/mol. The third-order valence-electron chi connectivity index (χ3n) is 6.63. The molecule has 0 saturated carbocycles. The van der Waals surface area contributed by atoms with Crippen molar-refractivity contribution in [3.8, 4) is 28.0 Å². The van der Waals surface area contributed by atoms with E-state index in [1.807, 2.05) is 6.92 Å². The van der Waals surface area contributed by atoms with Crippen LogP contribution in [0.25, 0.3) is 22.3 Å². The number of aliphatic hydroxyl groups excluding tert-OH is 1. The molecular weight excluding hydrogens is 492 g/mol. The van der Waals surface area contributed by atoms with E-state index in [1.54, 1.807) is 67.6 Å². The summed E-state index contributed by atoms with van der Waals surface area (Å²) in [7, 11) is 0. The van der Waals surface area contributed by atoms with E-state index in [4.69, 9.17) is 4.74 Å². The summed E-state index contributed by atoms with van der Waals surface area (Å²) in [4.78, 5) is 0. The van der Waals surface area contributed by atoms with E-state index in [0.717, 1.165) is 17.5 Å². The number of rotatable bonds is 10. The number of hydrogen-bond acceptors (Lipinski definition) is 2. The lowest BCUT2D eigenvalue weighted by atomic mass is 9.96. The molecule has 0 aliphatic carbocycles. The summed E-state index contributed by atoms with van der Waals surface area (Å²) in [6.45, 7) is 3.92. The highest BCUT2D eigenvalue weighted by molar-refractivity contribution is 5.72. The number of aliphatic hydroxyl groups is 1. The summed E-state index contributed by atoms with van der Waals surface area (Å²) in [6.07, 6.45) is 1.62. The standard InChI is InChI=1S/C32H30F4O2/c1-3-5-27(37)23-14-12-22(13-15-23)26-18-17-25(30(34)31(26)35)21-9-6-20(7-10-21)8-11-24-16-19-28(38-4-2)32(36)29(24)33/h6-7,9-10,12-19,27,37H,3-5,8,11H2,1-2H3. The maximum Gasteiger partial charge on any atom is 0.200 e. The van der Waals surface area contributed by atoms with Gasteiger partial charge in [-0.15, -0.1) is 0 Å². The molecule has 4 aromatic carbocycles. The second-order valence-corrected chi connectivity index (χ2v) is 9.20. The third-order valence-corrected chi connectivity index (χ3v) is 6.63. The van der Waals surface area contributed by atoms with Crippen molar-refractivity contribution in [1.82, 2.24) is 0 Å². The van der Waals surface area contributed by atoms with Crippen molar-refractivity contribution in [2.45, 2.75) is 45.6 Å². The predicted octanol–water partition coefficient (Wildman–Crippen LogP) is 8.59. The van der Waals surface area contributed by atoms with E-state index in [9.17, 15) is 13.9 Å². The highest BCUT2D eigenvalue weighted by Gasteiger charge is 2.17. The molecule has 0 heterocycles. The van der Waals surface area contributed by atoms with Gasteiger partial charge in [0.25, 0.3) is 0 Å². The zero-order valence-electron chi connectivity index (χ0n) is 21.4. The van der Waals surface area contributed by atoms with Crippen LogP contribution in [0, 0.1) is 23.3 Å². The van der Waals surface area contributed by atoms with E-state index in [1.165, 1.54) is 12.1 Å². The molecule has 0 aliphatic rings. The lowest BCUT2D eigenvalue weighted by Crippen LogP contribution is -2.02. The average molecular weight is 523 g/mol. The van der Waals surface area contributed by atoms with E-state index in [0.29, 0.717) is 24.0 Å². The Bertz CT molecular complexity index is 1380. The third kappa shape index (κ3) is 5.91. The molecule has 4 rings (SSSR count). The molecule has 198 valence electrons. The SMILES string of the molecule is CCCC(O)c1ccc(-c2ccc(-c3ccc(CCc4ccc(OCC)c(F)c4F)cc3)c(F)c2F)cc1. The van der Waals surface area contributed by atoms with Gasteiger partial charge in [0.1, 0.15) is 0 Å². The maximum atomic E-state index is 15.1. The van der Waals surface area contributed by atoms with Crippen LogP contribution in [0.2, 0.25) is 0 Å². The van der Waals surface area contributed by atoms with Gasteiger partial charge in [0.05, 0.1) is 12.7 Å². The average Bonchev–Trinajstić information content (AvgIpc) is 2.93. The van der Waals surface area contributed by atoms with Gasteiger partial charge in [0, 0.05) is 11.1 Å². The van der Waals surface area contributed by atoms with Crippen LogP contribution >= 0.6 is 0 Å². The van der Waals surface area contributed by atoms with E-state index < -0.39 is 29.4 Å². The van der Waals surface area contributed by atoms with Crippen LogP contribution in [-0.4, -0.2) is 11.7 Å². The second kappa shape index (κ2) is 12.3. The highest BCUT2D eigenvalue weighted by Crippen LogP contribution is 2.33. The van der Waals surface area contributed by atoms with Crippen molar-refractivity contribution in [3.05, 3.63) is 113 Å². The number of benzene rings is 4. The van der Waals surface area contributed by atoms with E-state index in [2.05, 4.69) is 0 Å². The van der Waals surface area contributed by atoms with Crippen molar-refractivity contribution < 1.29 is 27.4 Å². The summed E-state index contributed by atoms with van der Waals surface area (Å²) >= 11 is 0. The Kier molecular flexibility index (Phi) is 8.85. The van der Waals surface area contributed by atoms with Gasteiger partial charge in [-0.2, -0.15) is 4.39 Å². The molecule has 1 N–H and O–H groups in total. The topological polar surface area (TPSA) is 29.5 Å². The zero-order chi connectivity index (χ0) is 27.2. The van der Waals surface area contributed by atoms with Crippen molar-refractivity contribution in [2.75, 3.05) is 6.61 Å². The monoisotopic (exact) mass is 522 g/mol. The lowest BCUT2D eigenvalue weighted by molar-refractivity contribution is 0.166. The first-order valence-electron chi connectivity index (χ1n) is 12.8. The molecule has 1 unspecified atom stereocenters. The van der Waals surface area contributed by atoms with E-state index in [-0.39, 0.29) is 35.5 Å². The Morgan fingerprint density at radius 3 is 1.79 bits per heavy atom. The largest absolute Gasteiger partial charge is 0.491 e. The summed E-state index contributed by atoms with van der Waals surface area (Å²) in [6, 6.07) is 19.7. The molecule has 1 atom stereocenters. The lowest BCUT2D eigenvalue weighted by Gasteiger charge is -2.12. The molecule has 0 fully saturated rings. The second-order valence-electron chi connectivity index (χ2n) is 9.20. The fourth-order valence-electron chi connectivity index (χ4n) is 4.48. The van der Waals surface area contributed by atoms with Gasteiger partial charge in [0.15, 0.2) is 23.2 Å². The van der Waals surface area contributed by atoms with Gasteiger partial charge >= 0.3 is 0 Å². The number of hydrogen-bond donors (Lipinski definition) is 1. The zero-order valence-corrected chi connectivity index (χ0v) is 21.4. The summed E-state index contributed by atoms with van der Waals surface area (Å²) in [5.41, 5.74) is 3.14. The quantitative estimate of drug-likeness (QED) is 0.211. The molecule has 0 aromatic heterocycles. The number of halogens is 4. The van der Waals surface area contributed by atoms with Crippen LogP contribution in [0.3, 0.4) is 0 Å². The van der Waals surface area contributed by atoms with Crippen molar-refractivity contribution in [1.29, 1.82) is 0 Å². The Balaban J connectivity index is 1.48. The number of ether oxygens (including phenoxy) is 1. The van der Waals surface area contributed by atoms with Crippen LogP contribution in [0.4, 0.5) is 17.6 Å².